The summed E-state index contributed by atoms with van der Waals surface area (Å²) in [6.07, 6.45) is 6.87. The minimum absolute atomic E-state index is 0.240. The number of fused-ring (bicyclic) bond motifs is 1. The predicted octanol–water partition coefficient (Wildman–Crippen LogP) is 4.19. The first-order valence-electron chi connectivity index (χ1n) is 11.0. The number of nitrogens with zero attached hydrogens (tertiary/aromatic N) is 5. The summed E-state index contributed by atoms with van der Waals surface area (Å²) in [5, 5.41) is 12.8. The lowest BCUT2D eigenvalue weighted by molar-refractivity contribution is -0.135. The summed E-state index contributed by atoms with van der Waals surface area (Å²) >= 11 is 0. The average molecular weight is 402 g/mol. The molecule has 1 unspecified atom stereocenters. The van der Waals surface area contributed by atoms with E-state index in [1.54, 1.807) is 4.80 Å². The molecule has 3 aromatic rings. The molecule has 154 valence electrons. The first-order valence-corrected chi connectivity index (χ1v) is 11.0. The van der Waals surface area contributed by atoms with Crippen molar-refractivity contribution >= 4 is 5.91 Å². The van der Waals surface area contributed by atoms with Crippen LogP contribution in [-0.2, 0) is 17.8 Å². The molecule has 1 saturated carbocycles. The van der Waals surface area contributed by atoms with Crippen molar-refractivity contribution in [3.63, 3.8) is 0 Å². The van der Waals surface area contributed by atoms with Gasteiger partial charge in [-0.3, -0.25) is 4.79 Å². The highest BCUT2D eigenvalue weighted by atomic mass is 16.2. The minimum Gasteiger partial charge on any atom is -0.333 e. The van der Waals surface area contributed by atoms with Gasteiger partial charge in [0.15, 0.2) is 0 Å². The van der Waals surface area contributed by atoms with Crippen LogP contribution in [0, 0.1) is 0 Å². The molecule has 0 aliphatic heterocycles. The molecule has 5 rings (SSSR count). The van der Waals surface area contributed by atoms with Gasteiger partial charge in [-0.25, -0.2) is 0 Å². The second-order valence-corrected chi connectivity index (χ2v) is 8.32. The largest absolute Gasteiger partial charge is 0.333 e. The topological polar surface area (TPSA) is 63.9 Å². The van der Waals surface area contributed by atoms with E-state index in [0.717, 1.165) is 44.1 Å². The van der Waals surface area contributed by atoms with Gasteiger partial charge in [-0.2, -0.15) is 4.80 Å². The zero-order valence-corrected chi connectivity index (χ0v) is 17.2. The van der Waals surface area contributed by atoms with E-state index in [9.17, 15) is 4.79 Å². The summed E-state index contributed by atoms with van der Waals surface area (Å²) in [7, 11) is 0. The number of benzene rings is 2. The SMILES string of the molecule is O=C(CCCn1nnc(-c2ccccc2)n1)N(C1CC1)C1CCCc2ccccc21. The number of hydrogen-bond donors (Lipinski definition) is 0. The molecule has 1 aromatic heterocycles. The molecule has 1 heterocycles. The summed E-state index contributed by atoms with van der Waals surface area (Å²) in [6.45, 7) is 0.603. The van der Waals surface area contributed by atoms with Crippen LogP contribution in [0.3, 0.4) is 0 Å². The second kappa shape index (κ2) is 8.38. The van der Waals surface area contributed by atoms with Gasteiger partial charge in [-0.05, 0) is 54.9 Å². The van der Waals surface area contributed by atoms with Crippen LogP contribution in [0.2, 0.25) is 0 Å². The molecular formula is C24H27N5O. The van der Waals surface area contributed by atoms with Crippen molar-refractivity contribution in [2.24, 2.45) is 0 Å². The van der Waals surface area contributed by atoms with Crippen molar-refractivity contribution in [3.8, 4) is 11.4 Å². The summed E-state index contributed by atoms with van der Waals surface area (Å²) < 4.78 is 0. The van der Waals surface area contributed by atoms with Gasteiger partial charge in [0.05, 0.1) is 12.6 Å². The fourth-order valence-corrected chi connectivity index (χ4v) is 4.54. The molecular weight excluding hydrogens is 374 g/mol. The molecule has 0 N–H and O–H groups in total. The van der Waals surface area contributed by atoms with Crippen LogP contribution in [0.25, 0.3) is 11.4 Å². The number of amides is 1. The maximum Gasteiger partial charge on any atom is 0.223 e. The van der Waals surface area contributed by atoms with Crippen molar-refractivity contribution in [2.45, 2.75) is 63.6 Å². The molecule has 1 fully saturated rings. The van der Waals surface area contributed by atoms with Crippen molar-refractivity contribution in [3.05, 3.63) is 65.7 Å². The quantitative estimate of drug-likeness (QED) is 0.595. The number of aryl methyl sites for hydroxylation is 2. The monoisotopic (exact) mass is 401 g/mol. The zero-order chi connectivity index (χ0) is 20.3. The zero-order valence-electron chi connectivity index (χ0n) is 17.2. The van der Waals surface area contributed by atoms with E-state index in [1.807, 2.05) is 30.3 Å². The van der Waals surface area contributed by atoms with E-state index in [-0.39, 0.29) is 11.9 Å². The summed E-state index contributed by atoms with van der Waals surface area (Å²) in [6, 6.07) is 19.1. The molecule has 0 saturated heterocycles. The Balaban J connectivity index is 1.22. The highest BCUT2D eigenvalue weighted by Gasteiger charge is 2.38. The lowest BCUT2D eigenvalue weighted by Gasteiger charge is -2.36. The molecule has 0 spiro atoms. The summed E-state index contributed by atoms with van der Waals surface area (Å²) in [4.78, 5) is 17.0. The molecule has 0 radical (unpaired) electrons. The van der Waals surface area contributed by atoms with Crippen LogP contribution in [-0.4, -0.2) is 37.1 Å². The fraction of sp³-hybridized carbons (Fsp3) is 0.417. The maximum absolute atomic E-state index is 13.2. The Morgan fingerprint density at radius 1 is 1.03 bits per heavy atom. The first-order chi connectivity index (χ1) is 14.8. The second-order valence-electron chi connectivity index (χ2n) is 8.32. The Hall–Kier alpha value is -3.02. The smallest absolute Gasteiger partial charge is 0.223 e. The van der Waals surface area contributed by atoms with Gasteiger partial charge >= 0.3 is 0 Å². The van der Waals surface area contributed by atoms with E-state index in [4.69, 9.17) is 0 Å². The van der Waals surface area contributed by atoms with Gasteiger partial charge < -0.3 is 4.90 Å². The van der Waals surface area contributed by atoms with Crippen molar-refractivity contribution < 1.29 is 4.79 Å². The number of aromatic nitrogens is 4. The third-order valence-electron chi connectivity index (χ3n) is 6.14. The van der Waals surface area contributed by atoms with Gasteiger partial charge in [0.25, 0.3) is 0 Å². The number of carbonyl (C=O) groups is 1. The highest BCUT2D eigenvalue weighted by molar-refractivity contribution is 5.77. The lowest BCUT2D eigenvalue weighted by Crippen LogP contribution is -2.38. The molecule has 1 atom stereocenters. The minimum atomic E-state index is 0.240. The number of carbonyl (C=O) groups excluding carboxylic acids is 1. The van der Waals surface area contributed by atoms with E-state index >= 15 is 0 Å². The molecule has 2 aliphatic rings. The van der Waals surface area contributed by atoms with Crippen LogP contribution in [0.4, 0.5) is 0 Å². The number of rotatable bonds is 7. The Morgan fingerprint density at radius 2 is 1.83 bits per heavy atom. The Kier molecular flexibility index (Phi) is 5.30. The van der Waals surface area contributed by atoms with Crippen LogP contribution >= 0.6 is 0 Å². The van der Waals surface area contributed by atoms with Crippen LogP contribution in [0.15, 0.2) is 54.6 Å². The Morgan fingerprint density at radius 3 is 2.67 bits per heavy atom. The molecule has 1 amide bonds. The molecule has 6 heteroatoms. The Bertz CT molecular complexity index is 1010. The lowest BCUT2D eigenvalue weighted by atomic mass is 9.86. The molecule has 30 heavy (non-hydrogen) atoms. The first kappa shape index (κ1) is 19.0. The van der Waals surface area contributed by atoms with Crippen LogP contribution in [0.1, 0.15) is 55.7 Å². The van der Waals surface area contributed by atoms with Gasteiger partial charge in [0.2, 0.25) is 11.7 Å². The standard InChI is InChI=1S/C24H27N5O/c30-23(14-7-17-28-26-24(25-27-28)19-9-2-1-3-10-19)29(20-15-16-20)22-13-6-11-18-8-4-5-12-21(18)22/h1-5,8-10,12,20,22H,6-7,11,13-17H2. The van der Waals surface area contributed by atoms with Crippen molar-refractivity contribution in [1.82, 2.24) is 25.1 Å². The van der Waals surface area contributed by atoms with E-state index in [1.165, 1.54) is 11.1 Å². The number of tetrazole rings is 1. The highest BCUT2D eigenvalue weighted by Crippen LogP contribution is 2.41. The normalized spacial score (nSPS) is 18.1. The Labute approximate surface area is 176 Å². The van der Waals surface area contributed by atoms with Gasteiger partial charge in [-0.1, -0.05) is 54.6 Å². The van der Waals surface area contributed by atoms with Crippen LogP contribution in [0.5, 0.6) is 0 Å². The molecule has 0 bridgehead atoms. The fourth-order valence-electron chi connectivity index (χ4n) is 4.54. The van der Waals surface area contributed by atoms with Gasteiger partial charge in [0, 0.05) is 18.0 Å². The molecule has 2 aliphatic carbocycles. The maximum atomic E-state index is 13.2. The molecule has 6 nitrogen and oxygen atoms in total. The van der Waals surface area contributed by atoms with Gasteiger partial charge in [-0.15, -0.1) is 10.2 Å². The molecule has 2 aromatic carbocycles. The third kappa shape index (κ3) is 3.99. The van der Waals surface area contributed by atoms with E-state index in [2.05, 4.69) is 44.6 Å². The van der Waals surface area contributed by atoms with Crippen LogP contribution < -0.4 is 0 Å². The van der Waals surface area contributed by atoms with Crippen molar-refractivity contribution in [2.75, 3.05) is 0 Å². The predicted molar refractivity (Wildman–Crippen MR) is 114 cm³/mol. The van der Waals surface area contributed by atoms with E-state index < -0.39 is 0 Å². The average Bonchev–Trinajstić information content (AvgIpc) is 3.51. The summed E-state index contributed by atoms with van der Waals surface area (Å²) in [5.41, 5.74) is 3.72. The summed E-state index contributed by atoms with van der Waals surface area (Å²) in [5.74, 6) is 0.892. The van der Waals surface area contributed by atoms with Gasteiger partial charge in [0.1, 0.15) is 0 Å². The third-order valence-corrected chi connectivity index (χ3v) is 6.14. The van der Waals surface area contributed by atoms with E-state index in [0.29, 0.717) is 24.8 Å². The van der Waals surface area contributed by atoms with Crippen molar-refractivity contribution in [1.29, 1.82) is 0 Å². The number of hydrogen-bond acceptors (Lipinski definition) is 4.